The van der Waals surface area contributed by atoms with Gasteiger partial charge in [-0.2, -0.15) is 0 Å². The zero-order chi connectivity index (χ0) is 16.0. The van der Waals surface area contributed by atoms with Gasteiger partial charge >= 0.3 is 11.9 Å². The maximum absolute atomic E-state index is 12.3. The number of rotatable bonds is 7. The van der Waals surface area contributed by atoms with Crippen LogP contribution >= 0.6 is 0 Å². The van der Waals surface area contributed by atoms with Crippen molar-refractivity contribution < 1.29 is 24.6 Å². The molecule has 1 amide bonds. The third-order valence-electron chi connectivity index (χ3n) is 3.71. The highest BCUT2D eigenvalue weighted by molar-refractivity contribution is 5.89. The molecule has 1 saturated heterocycles. The zero-order valence-electron chi connectivity index (χ0n) is 12.4. The summed E-state index contributed by atoms with van der Waals surface area (Å²) in [6.07, 6.45) is -0.431. The van der Waals surface area contributed by atoms with Crippen molar-refractivity contribution in [3.63, 3.8) is 0 Å². The number of nitrogens with one attached hydrogen (secondary N) is 2. The van der Waals surface area contributed by atoms with Gasteiger partial charge in [-0.25, -0.2) is 4.79 Å². The molecule has 1 aliphatic heterocycles. The second-order valence-electron chi connectivity index (χ2n) is 5.59. The standard InChI is InChI=1S/C13H23N3O5/c1-13(2,16-7-5-14-6-8-16)12(21)15-9(11(19)20)3-4-10(17)18/h9,14H,3-8H2,1-2H3,(H,15,21)(H,17,18)(H,19,20). The molecule has 1 heterocycles. The topological polar surface area (TPSA) is 119 Å². The molecule has 8 nitrogen and oxygen atoms in total. The summed E-state index contributed by atoms with van der Waals surface area (Å²) in [5, 5.41) is 23.3. The Kier molecular flexibility index (Phi) is 6.10. The molecule has 120 valence electrons. The van der Waals surface area contributed by atoms with E-state index in [2.05, 4.69) is 10.6 Å². The lowest BCUT2D eigenvalue weighted by atomic mass is 9.99. The van der Waals surface area contributed by atoms with E-state index in [1.807, 2.05) is 4.90 Å². The van der Waals surface area contributed by atoms with Gasteiger partial charge in [0, 0.05) is 32.6 Å². The molecule has 0 saturated carbocycles. The molecule has 0 aromatic heterocycles. The van der Waals surface area contributed by atoms with E-state index in [9.17, 15) is 14.4 Å². The predicted octanol–water partition coefficient (Wildman–Crippen LogP) is -0.896. The number of carbonyl (C=O) groups is 3. The van der Waals surface area contributed by atoms with Crippen molar-refractivity contribution in [1.29, 1.82) is 0 Å². The Morgan fingerprint density at radius 2 is 1.81 bits per heavy atom. The third kappa shape index (κ3) is 4.98. The summed E-state index contributed by atoms with van der Waals surface area (Å²) in [5.74, 6) is -2.71. The second-order valence-corrected chi connectivity index (χ2v) is 5.59. The molecule has 0 radical (unpaired) electrons. The first kappa shape index (κ1) is 17.4. The van der Waals surface area contributed by atoms with E-state index >= 15 is 0 Å². The lowest BCUT2D eigenvalue weighted by Gasteiger charge is -2.40. The Morgan fingerprint density at radius 1 is 1.24 bits per heavy atom. The van der Waals surface area contributed by atoms with Gasteiger partial charge in [0.15, 0.2) is 0 Å². The number of carboxylic acids is 2. The van der Waals surface area contributed by atoms with Crippen LogP contribution in [-0.2, 0) is 14.4 Å². The highest BCUT2D eigenvalue weighted by atomic mass is 16.4. The van der Waals surface area contributed by atoms with Crippen molar-refractivity contribution in [3.05, 3.63) is 0 Å². The first-order chi connectivity index (χ1) is 9.75. The van der Waals surface area contributed by atoms with E-state index < -0.39 is 29.4 Å². The molecule has 1 fully saturated rings. The molecule has 0 bridgehead atoms. The first-order valence-corrected chi connectivity index (χ1v) is 6.96. The van der Waals surface area contributed by atoms with Crippen LogP contribution < -0.4 is 10.6 Å². The maximum Gasteiger partial charge on any atom is 0.326 e. The summed E-state index contributed by atoms with van der Waals surface area (Å²) in [5.41, 5.74) is -0.834. The lowest BCUT2D eigenvalue weighted by Crippen LogP contribution is -2.61. The molecule has 21 heavy (non-hydrogen) atoms. The fourth-order valence-corrected chi connectivity index (χ4v) is 2.23. The van der Waals surface area contributed by atoms with E-state index in [1.54, 1.807) is 13.8 Å². The van der Waals surface area contributed by atoms with Gasteiger partial charge < -0.3 is 20.8 Å². The van der Waals surface area contributed by atoms with E-state index in [0.29, 0.717) is 13.1 Å². The molecule has 0 spiro atoms. The molecule has 0 aliphatic carbocycles. The molecule has 0 aromatic rings. The average molecular weight is 301 g/mol. The lowest BCUT2D eigenvalue weighted by molar-refractivity contribution is -0.145. The smallest absolute Gasteiger partial charge is 0.326 e. The zero-order valence-corrected chi connectivity index (χ0v) is 12.4. The van der Waals surface area contributed by atoms with Crippen LogP contribution in [0.1, 0.15) is 26.7 Å². The van der Waals surface area contributed by atoms with E-state index in [-0.39, 0.29) is 12.8 Å². The quantitative estimate of drug-likeness (QED) is 0.481. The number of nitrogens with zero attached hydrogens (tertiary/aromatic N) is 1. The van der Waals surface area contributed by atoms with Gasteiger partial charge in [0.05, 0.1) is 5.54 Å². The van der Waals surface area contributed by atoms with Crippen molar-refractivity contribution in [2.45, 2.75) is 38.3 Å². The minimum absolute atomic E-state index is 0.131. The minimum atomic E-state index is -1.22. The highest BCUT2D eigenvalue weighted by Gasteiger charge is 2.37. The van der Waals surface area contributed by atoms with Gasteiger partial charge in [-0.1, -0.05) is 0 Å². The monoisotopic (exact) mass is 301 g/mol. The molecule has 1 rings (SSSR count). The maximum atomic E-state index is 12.3. The van der Waals surface area contributed by atoms with Crippen LogP contribution in [-0.4, -0.2) is 70.7 Å². The molecule has 8 heteroatoms. The summed E-state index contributed by atoms with van der Waals surface area (Å²) in [6.45, 7) is 6.43. The first-order valence-electron chi connectivity index (χ1n) is 6.96. The van der Waals surface area contributed by atoms with Crippen LogP contribution in [0.4, 0.5) is 0 Å². The summed E-state index contributed by atoms with van der Waals surface area (Å²) < 4.78 is 0. The number of aliphatic carboxylic acids is 2. The van der Waals surface area contributed by atoms with Crippen molar-refractivity contribution in [3.8, 4) is 0 Å². The van der Waals surface area contributed by atoms with Crippen LogP contribution in [0, 0.1) is 0 Å². The summed E-state index contributed by atoms with van der Waals surface area (Å²) in [6, 6.07) is -1.18. The fourth-order valence-electron chi connectivity index (χ4n) is 2.23. The van der Waals surface area contributed by atoms with E-state index in [0.717, 1.165) is 13.1 Å². The Labute approximate surface area is 123 Å². The second kappa shape index (κ2) is 7.37. The summed E-state index contributed by atoms with van der Waals surface area (Å²) >= 11 is 0. The number of hydrogen-bond acceptors (Lipinski definition) is 5. The molecule has 4 N–H and O–H groups in total. The molecule has 1 unspecified atom stereocenters. The number of hydrogen-bond donors (Lipinski definition) is 4. The van der Waals surface area contributed by atoms with Gasteiger partial charge in [-0.15, -0.1) is 0 Å². The molecular formula is C13H23N3O5. The van der Waals surface area contributed by atoms with Crippen LogP contribution in [0.5, 0.6) is 0 Å². The molecule has 0 aromatic carbocycles. The number of amides is 1. The van der Waals surface area contributed by atoms with E-state index in [1.165, 1.54) is 0 Å². The third-order valence-corrected chi connectivity index (χ3v) is 3.71. The normalized spacial score (nSPS) is 18.0. The SMILES string of the molecule is CC(C)(C(=O)NC(CCC(=O)O)C(=O)O)N1CCNCC1. The Bertz CT molecular complexity index is 405. The van der Waals surface area contributed by atoms with Crippen molar-refractivity contribution in [1.82, 2.24) is 15.5 Å². The number of carbonyl (C=O) groups excluding carboxylic acids is 1. The Hall–Kier alpha value is -1.67. The number of carboxylic acid groups (broad SMARTS) is 2. The summed E-state index contributed by atoms with van der Waals surface area (Å²) in [4.78, 5) is 36.0. The van der Waals surface area contributed by atoms with Crippen LogP contribution in [0.15, 0.2) is 0 Å². The minimum Gasteiger partial charge on any atom is -0.481 e. The molecule has 1 atom stereocenters. The van der Waals surface area contributed by atoms with Crippen molar-refractivity contribution >= 4 is 17.8 Å². The number of piperazine rings is 1. The average Bonchev–Trinajstić information content (AvgIpc) is 2.43. The predicted molar refractivity (Wildman–Crippen MR) is 75.0 cm³/mol. The summed E-state index contributed by atoms with van der Waals surface area (Å²) in [7, 11) is 0. The van der Waals surface area contributed by atoms with Gasteiger partial charge in [0.1, 0.15) is 6.04 Å². The van der Waals surface area contributed by atoms with Gasteiger partial charge in [-0.05, 0) is 20.3 Å². The molecular weight excluding hydrogens is 278 g/mol. The van der Waals surface area contributed by atoms with Gasteiger partial charge in [0.2, 0.25) is 5.91 Å². The largest absolute Gasteiger partial charge is 0.481 e. The van der Waals surface area contributed by atoms with Crippen LogP contribution in [0.3, 0.4) is 0 Å². The van der Waals surface area contributed by atoms with E-state index in [4.69, 9.17) is 10.2 Å². The van der Waals surface area contributed by atoms with Crippen LogP contribution in [0.2, 0.25) is 0 Å². The highest BCUT2D eigenvalue weighted by Crippen LogP contribution is 2.16. The Balaban J connectivity index is 2.66. The van der Waals surface area contributed by atoms with Crippen LogP contribution in [0.25, 0.3) is 0 Å². The van der Waals surface area contributed by atoms with Gasteiger partial charge in [-0.3, -0.25) is 14.5 Å². The van der Waals surface area contributed by atoms with Crippen molar-refractivity contribution in [2.24, 2.45) is 0 Å². The van der Waals surface area contributed by atoms with Gasteiger partial charge in [0.25, 0.3) is 0 Å². The molecule has 1 aliphatic rings. The van der Waals surface area contributed by atoms with Crippen molar-refractivity contribution in [2.75, 3.05) is 26.2 Å². The fraction of sp³-hybridized carbons (Fsp3) is 0.769. The Morgan fingerprint density at radius 3 is 2.29 bits per heavy atom.